The SMILES string of the molecule is COc1c(O)ccc2c1C[C@@H](C)[C@@H]1[C@@H]2CC[C@]2(C)C(=O)CC[C@@H]12. The Hall–Kier alpha value is -1.51. The smallest absolute Gasteiger partial charge is 0.163 e. The Labute approximate surface area is 138 Å². The number of hydrogen-bond acceptors (Lipinski definition) is 3. The van der Waals surface area contributed by atoms with Crippen molar-refractivity contribution in [2.75, 3.05) is 7.11 Å². The minimum atomic E-state index is -0.0893. The van der Waals surface area contributed by atoms with Crippen LogP contribution in [0, 0.1) is 23.2 Å². The molecule has 124 valence electrons. The van der Waals surface area contributed by atoms with Crippen LogP contribution in [-0.2, 0) is 11.2 Å². The van der Waals surface area contributed by atoms with Gasteiger partial charge >= 0.3 is 0 Å². The first-order valence-electron chi connectivity index (χ1n) is 8.89. The third kappa shape index (κ3) is 1.91. The van der Waals surface area contributed by atoms with E-state index in [2.05, 4.69) is 19.9 Å². The van der Waals surface area contributed by atoms with E-state index in [-0.39, 0.29) is 11.2 Å². The molecule has 0 spiro atoms. The van der Waals surface area contributed by atoms with Crippen molar-refractivity contribution in [1.29, 1.82) is 0 Å². The number of carbonyl (C=O) groups excluding carboxylic acids is 1. The van der Waals surface area contributed by atoms with Gasteiger partial charge < -0.3 is 9.84 Å². The van der Waals surface area contributed by atoms with Gasteiger partial charge in [0.05, 0.1) is 7.11 Å². The number of phenols is 1. The molecular formula is C20H26O3. The van der Waals surface area contributed by atoms with Crippen molar-refractivity contribution < 1.29 is 14.6 Å². The molecule has 0 unspecified atom stereocenters. The molecule has 2 fully saturated rings. The van der Waals surface area contributed by atoms with Gasteiger partial charge in [0.1, 0.15) is 5.78 Å². The monoisotopic (exact) mass is 314 g/mol. The molecule has 0 aliphatic heterocycles. The highest BCUT2D eigenvalue weighted by molar-refractivity contribution is 5.87. The number of hydrogen-bond donors (Lipinski definition) is 1. The van der Waals surface area contributed by atoms with Crippen molar-refractivity contribution in [2.45, 2.75) is 51.9 Å². The number of phenolic OH excluding ortho intramolecular Hbond substituents is 1. The van der Waals surface area contributed by atoms with Crippen molar-refractivity contribution in [3.63, 3.8) is 0 Å². The van der Waals surface area contributed by atoms with Crippen LogP contribution in [0.3, 0.4) is 0 Å². The number of fused-ring (bicyclic) bond motifs is 5. The summed E-state index contributed by atoms with van der Waals surface area (Å²) >= 11 is 0. The van der Waals surface area contributed by atoms with Gasteiger partial charge in [-0.3, -0.25) is 4.79 Å². The van der Waals surface area contributed by atoms with E-state index < -0.39 is 0 Å². The second-order valence-electron chi connectivity index (χ2n) is 8.08. The first-order chi connectivity index (χ1) is 11.0. The molecule has 0 bridgehead atoms. The van der Waals surface area contributed by atoms with Gasteiger partial charge in [0, 0.05) is 17.4 Å². The third-order valence-electron chi connectivity index (χ3n) is 7.10. The molecule has 4 rings (SSSR count). The van der Waals surface area contributed by atoms with Crippen LogP contribution >= 0.6 is 0 Å². The summed E-state index contributed by atoms with van der Waals surface area (Å²) in [6.45, 7) is 4.53. The number of methoxy groups -OCH3 is 1. The topological polar surface area (TPSA) is 46.5 Å². The zero-order valence-electron chi connectivity index (χ0n) is 14.3. The van der Waals surface area contributed by atoms with Gasteiger partial charge in [0.2, 0.25) is 0 Å². The van der Waals surface area contributed by atoms with Crippen LogP contribution in [0.5, 0.6) is 11.5 Å². The highest BCUT2D eigenvalue weighted by Crippen LogP contribution is 2.61. The average molecular weight is 314 g/mol. The summed E-state index contributed by atoms with van der Waals surface area (Å²) in [5, 5.41) is 10.1. The fourth-order valence-corrected chi connectivity index (χ4v) is 6.00. The summed E-state index contributed by atoms with van der Waals surface area (Å²) in [7, 11) is 1.64. The van der Waals surface area contributed by atoms with E-state index in [1.807, 2.05) is 0 Å². The average Bonchev–Trinajstić information content (AvgIpc) is 2.83. The number of carbonyl (C=O) groups is 1. The number of benzene rings is 1. The quantitative estimate of drug-likeness (QED) is 0.850. The fourth-order valence-electron chi connectivity index (χ4n) is 6.00. The summed E-state index contributed by atoms with van der Waals surface area (Å²) in [6.07, 6.45) is 4.85. The normalized spacial score (nSPS) is 38.7. The van der Waals surface area contributed by atoms with Crippen molar-refractivity contribution >= 4 is 5.78 Å². The van der Waals surface area contributed by atoms with Gasteiger partial charge in [-0.2, -0.15) is 0 Å². The van der Waals surface area contributed by atoms with Crippen LogP contribution in [0.4, 0.5) is 0 Å². The molecular weight excluding hydrogens is 288 g/mol. The van der Waals surface area contributed by atoms with Crippen LogP contribution in [0.2, 0.25) is 0 Å². The van der Waals surface area contributed by atoms with E-state index in [0.29, 0.717) is 35.2 Å². The van der Waals surface area contributed by atoms with Crippen LogP contribution in [0.25, 0.3) is 0 Å². The van der Waals surface area contributed by atoms with E-state index in [1.165, 1.54) is 11.1 Å². The Morgan fingerprint density at radius 1 is 1.30 bits per heavy atom. The molecule has 23 heavy (non-hydrogen) atoms. The number of Topliss-reactive ketones (excluding diaryl/α,β-unsaturated/α-hetero) is 1. The maximum Gasteiger partial charge on any atom is 0.163 e. The van der Waals surface area contributed by atoms with Gasteiger partial charge in [-0.05, 0) is 61.0 Å². The summed E-state index contributed by atoms with van der Waals surface area (Å²) in [4.78, 5) is 12.4. The van der Waals surface area contributed by atoms with Crippen molar-refractivity contribution in [3.8, 4) is 11.5 Å². The molecule has 3 aliphatic carbocycles. The summed E-state index contributed by atoms with van der Waals surface area (Å²) in [6, 6.07) is 3.87. The second-order valence-corrected chi connectivity index (χ2v) is 8.08. The predicted octanol–water partition coefficient (Wildman–Crippen LogP) is 4.07. The zero-order valence-corrected chi connectivity index (χ0v) is 14.3. The Morgan fingerprint density at radius 3 is 2.83 bits per heavy atom. The van der Waals surface area contributed by atoms with E-state index >= 15 is 0 Å². The van der Waals surface area contributed by atoms with Crippen molar-refractivity contribution in [3.05, 3.63) is 23.3 Å². The first kappa shape index (κ1) is 15.0. The number of aromatic hydroxyl groups is 1. The molecule has 1 aromatic rings. The first-order valence-corrected chi connectivity index (χ1v) is 8.89. The Bertz CT molecular complexity index is 665. The molecule has 3 nitrogen and oxygen atoms in total. The van der Waals surface area contributed by atoms with E-state index in [4.69, 9.17) is 4.74 Å². The molecule has 5 atom stereocenters. The highest BCUT2D eigenvalue weighted by Gasteiger charge is 2.56. The zero-order chi connectivity index (χ0) is 16.4. The Balaban J connectivity index is 1.80. The second kappa shape index (κ2) is 4.99. The molecule has 0 heterocycles. The molecule has 1 N–H and O–H groups in total. The lowest BCUT2D eigenvalue weighted by molar-refractivity contribution is -0.129. The fraction of sp³-hybridized carbons (Fsp3) is 0.650. The molecule has 0 aromatic heterocycles. The summed E-state index contributed by atoms with van der Waals surface area (Å²) in [5.41, 5.74) is 2.45. The minimum absolute atomic E-state index is 0.0893. The van der Waals surface area contributed by atoms with Crippen LogP contribution < -0.4 is 4.74 Å². The van der Waals surface area contributed by atoms with Crippen LogP contribution in [0.1, 0.15) is 56.6 Å². The molecule has 0 amide bonds. The highest BCUT2D eigenvalue weighted by atomic mass is 16.5. The van der Waals surface area contributed by atoms with Gasteiger partial charge in [-0.15, -0.1) is 0 Å². The minimum Gasteiger partial charge on any atom is -0.504 e. The third-order valence-corrected chi connectivity index (χ3v) is 7.10. The maximum absolute atomic E-state index is 12.4. The van der Waals surface area contributed by atoms with E-state index in [1.54, 1.807) is 13.2 Å². The van der Waals surface area contributed by atoms with Gasteiger partial charge in [-0.25, -0.2) is 0 Å². The standard InChI is InChI=1S/C20H26O3/c1-11-10-14-12(4-6-16(21)19(14)23-3)13-8-9-20(2)15(18(11)13)5-7-17(20)22/h4,6,11,13,15,18,21H,5,7-10H2,1-3H3/t11-,13-,15+,18-,20+/m1/s1. The summed E-state index contributed by atoms with van der Waals surface area (Å²) < 4.78 is 5.49. The van der Waals surface area contributed by atoms with Gasteiger partial charge in [-0.1, -0.05) is 19.9 Å². The molecule has 3 aliphatic rings. The predicted molar refractivity (Wildman–Crippen MR) is 88.8 cm³/mol. The summed E-state index contributed by atoms with van der Waals surface area (Å²) in [5.74, 6) is 3.53. The maximum atomic E-state index is 12.4. The van der Waals surface area contributed by atoms with Crippen LogP contribution in [0.15, 0.2) is 12.1 Å². The lowest BCUT2D eigenvalue weighted by Crippen LogP contribution is -2.45. The molecule has 3 heteroatoms. The molecule has 0 radical (unpaired) electrons. The Kier molecular flexibility index (Phi) is 3.26. The lowest BCUT2D eigenvalue weighted by atomic mass is 9.53. The largest absolute Gasteiger partial charge is 0.504 e. The van der Waals surface area contributed by atoms with Gasteiger partial charge in [0.25, 0.3) is 0 Å². The molecule has 1 aromatic carbocycles. The molecule has 2 saturated carbocycles. The van der Waals surface area contributed by atoms with Crippen molar-refractivity contribution in [2.24, 2.45) is 23.2 Å². The lowest BCUT2D eigenvalue weighted by Gasteiger charge is -2.51. The number of ketones is 1. The number of rotatable bonds is 1. The van der Waals surface area contributed by atoms with E-state index in [9.17, 15) is 9.90 Å². The van der Waals surface area contributed by atoms with Crippen molar-refractivity contribution in [1.82, 2.24) is 0 Å². The van der Waals surface area contributed by atoms with E-state index in [0.717, 1.165) is 32.1 Å². The van der Waals surface area contributed by atoms with Crippen LogP contribution in [-0.4, -0.2) is 18.0 Å². The number of ether oxygens (including phenoxy) is 1. The molecule has 0 saturated heterocycles. The Morgan fingerprint density at radius 2 is 2.09 bits per heavy atom. The van der Waals surface area contributed by atoms with Gasteiger partial charge in [0.15, 0.2) is 11.5 Å².